The van der Waals surface area contributed by atoms with E-state index in [-0.39, 0.29) is 5.92 Å². The Hall–Kier alpha value is -1.41. The predicted molar refractivity (Wildman–Crippen MR) is 68.5 cm³/mol. The Kier molecular flexibility index (Phi) is 5.49. The van der Waals surface area contributed by atoms with E-state index >= 15 is 0 Å². The second-order valence-electron chi connectivity index (χ2n) is 4.75. The molecule has 1 aliphatic heterocycles. The molecule has 3 nitrogen and oxygen atoms in total. The Labute approximate surface area is 112 Å². The van der Waals surface area contributed by atoms with Crippen molar-refractivity contribution in [2.24, 2.45) is 5.92 Å². The Bertz CT molecular complexity index is 409. The molecular formula is C14H19F2NO2. The molecule has 2 N–H and O–H groups in total. The molecule has 0 aromatic heterocycles. The molecule has 0 radical (unpaired) electrons. The lowest BCUT2D eigenvalue weighted by molar-refractivity contribution is -0.139. The van der Waals surface area contributed by atoms with Gasteiger partial charge in [-0.1, -0.05) is 26.0 Å². The van der Waals surface area contributed by atoms with Crippen molar-refractivity contribution in [2.75, 3.05) is 0 Å². The summed E-state index contributed by atoms with van der Waals surface area (Å²) in [5.41, 5.74) is 0. The molecule has 0 aromatic carbocycles. The van der Waals surface area contributed by atoms with Gasteiger partial charge in [-0.2, -0.15) is 8.78 Å². The van der Waals surface area contributed by atoms with E-state index in [0.717, 1.165) is 6.42 Å². The maximum Gasteiger partial charge on any atom is 0.326 e. The summed E-state index contributed by atoms with van der Waals surface area (Å²) < 4.78 is 25.9. The zero-order valence-corrected chi connectivity index (χ0v) is 11.1. The van der Waals surface area contributed by atoms with Gasteiger partial charge in [-0.15, -0.1) is 11.8 Å². The van der Waals surface area contributed by atoms with Crippen LogP contribution in [0, 0.1) is 17.8 Å². The maximum absolute atomic E-state index is 12.9. The number of halogens is 2. The van der Waals surface area contributed by atoms with E-state index in [0.29, 0.717) is 6.42 Å². The SMILES string of the molecule is CCC#CCC(C)[C@@H](O)/C=C/[C@H]1CC(F)(F)C(=O)N1. The number of alkyl halides is 2. The van der Waals surface area contributed by atoms with Crippen LogP contribution >= 0.6 is 0 Å². The molecule has 0 aliphatic carbocycles. The third kappa shape index (κ3) is 4.64. The van der Waals surface area contributed by atoms with Crippen LogP contribution in [0.3, 0.4) is 0 Å². The minimum absolute atomic E-state index is 0.0760. The van der Waals surface area contributed by atoms with Crippen LogP contribution in [0.5, 0.6) is 0 Å². The van der Waals surface area contributed by atoms with Gasteiger partial charge in [-0.05, 0) is 5.92 Å². The molecule has 1 unspecified atom stereocenters. The highest BCUT2D eigenvalue weighted by molar-refractivity contribution is 5.86. The molecule has 19 heavy (non-hydrogen) atoms. The lowest BCUT2D eigenvalue weighted by Crippen LogP contribution is -2.30. The molecule has 3 atom stereocenters. The van der Waals surface area contributed by atoms with Crippen LogP contribution in [0.4, 0.5) is 8.78 Å². The van der Waals surface area contributed by atoms with Gasteiger partial charge in [0.2, 0.25) is 0 Å². The van der Waals surface area contributed by atoms with Crippen molar-refractivity contribution in [3.05, 3.63) is 12.2 Å². The highest BCUT2D eigenvalue weighted by Crippen LogP contribution is 2.27. The quantitative estimate of drug-likeness (QED) is 0.606. The molecule has 1 aliphatic rings. The zero-order chi connectivity index (χ0) is 14.5. The standard InChI is InChI=1S/C14H19F2NO2/c1-3-4-5-6-10(2)12(18)8-7-11-9-14(15,16)13(19)17-11/h7-8,10-12,18H,3,6,9H2,1-2H3,(H,17,19)/b8-7+/t10?,11-,12-/m0/s1. The van der Waals surface area contributed by atoms with Gasteiger partial charge in [0.05, 0.1) is 12.1 Å². The fourth-order valence-electron chi connectivity index (χ4n) is 1.73. The van der Waals surface area contributed by atoms with Crippen LogP contribution in [0.25, 0.3) is 0 Å². The average molecular weight is 271 g/mol. The van der Waals surface area contributed by atoms with Crippen molar-refractivity contribution in [1.82, 2.24) is 5.32 Å². The van der Waals surface area contributed by atoms with E-state index in [4.69, 9.17) is 0 Å². The van der Waals surface area contributed by atoms with Crippen molar-refractivity contribution in [1.29, 1.82) is 0 Å². The lowest BCUT2D eigenvalue weighted by atomic mass is 10.00. The molecule has 1 fully saturated rings. The molecule has 0 saturated carbocycles. The van der Waals surface area contributed by atoms with E-state index in [2.05, 4.69) is 17.2 Å². The number of carbonyl (C=O) groups excluding carboxylic acids is 1. The summed E-state index contributed by atoms with van der Waals surface area (Å²) in [6, 6.07) is -0.717. The highest BCUT2D eigenvalue weighted by atomic mass is 19.3. The van der Waals surface area contributed by atoms with Crippen LogP contribution in [-0.4, -0.2) is 29.1 Å². The number of hydrogen-bond donors (Lipinski definition) is 2. The Morgan fingerprint density at radius 1 is 1.58 bits per heavy atom. The third-order valence-corrected chi connectivity index (χ3v) is 2.97. The molecule has 1 amide bonds. The predicted octanol–water partition coefficient (Wildman–Crippen LogP) is 1.87. The van der Waals surface area contributed by atoms with E-state index < -0.39 is 30.4 Å². The third-order valence-electron chi connectivity index (χ3n) is 2.97. The molecule has 1 saturated heterocycles. The summed E-state index contributed by atoms with van der Waals surface area (Å²) in [6.45, 7) is 3.78. The topological polar surface area (TPSA) is 49.3 Å². The maximum atomic E-state index is 12.9. The van der Waals surface area contributed by atoms with E-state index in [1.807, 2.05) is 13.8 Å². The normalized spacial score (nSPS) is 24.7. The Morgan fingerprint density at radius 3 is 2.79 bits per heavy atom. The largest absolute Gasteiger partial charge is 0.389 e. The van der Waals surface area contributed by atoms with Gasteiger partial charge in [-0.25, -0.2) is 0 Å². The first kappa shape index (κ1) is 15.6. The van der Waals surface area contributed by atoms with Gasteiger partial charge < -0.3 is 10.4 Å². The molecular weight excluding hydrogens is 252 g/mol. The highest BCUT2D eigenvalue weighted by Gasteiger charge is 2.47. The monoisotopic (exact) mass is 271 g/mol. The zero-order valence-electron chi connectivity index (χ0n) is 11.1. The first-order chi connectivity index (χ1) is 8.86. The number of rotatable bonds is 4. The van der Waals surface area contributed by atoms with Crippen molar-refractivity contribution in [3.63, 3.8) is 0 Å². The van der Waals surface area contributed by atoms with Gasteiger partial charge in [0, 0.05) is 19.3 Å². The van der Waals surface area contributed by atoms with E-state index in [1.54, 1.807) is 0 Å². The van der Waals surface area contributed by atoms with Crippen LogP contribution in [0.15, 0.2) is 12.2 Å². The molecule has 0 bridgehead atoms. The Balaban J connectivity index is 2.46. The number of carbonyl (C=O) groups is 1. The summed E-state index contributed by atoms with van der Waals surface area (Å²) >= 11 is 0. The lowest BCUT2D eigenvalue weighted by Gasteiger charge is -2.13. The van der Waals surface area contributed by atoms with Gasteiger partial charge in [0.1, 0.15) is 0 Å². The molecule has 1 rings (SSSR count). The summed E-state index contributed by atoms with van der Waals surface area (Å²) in [6.07, 6.45) is 2.88. The Morgan fingerprint density at radius 2 is 2.26 bits per heavy atom. The molecule has 0 aromatic rings. The first-order valence-electron chi connectivity index (χ1n) is 6.37. The molecule has 1 heterocycles. The van der Waals surface area contributed by atoms with Gasteiger partial charge >= 0.3 is 5.92 Å². The summed E-state index contributed by atoms with van der Waals surface area (Å²) in [5, 5.41) is 12.0. The summed E-state index contributed by atoms with van der Waals surface area (Å²) in [7, 11) is 0. The van der Waals surface area contributed by atoms with Crippen LogP contribution < -0.4 is 5.32 Å². The van der Waals surface area contributed by atoms with Crippen molar-refractivity contribution in [3.8, 4) is 11.8 Å². The molecule has 0 spiro atoms. The second-order valence-corrected chi connectivity index (χ2v) is 4.75. The molecule has 106 valence electrons. The number of amides is 1. The number of aliphatic hydroxyl groups excluding tert-OH is 1. The number of hydrogen-bond acceptors (Lipinski definition) is 2. The molecule has 5 heteroatoms. The number of aliphatic hydroxyl groups is 1. The fourth-order valence-corrected chi connectivity index (χ4v) is 1.73. The first-order valence-corrected chi connectivity index (χ1v) is 6.37. The van der Waals surface area contributed by atoms with E-state index in [1.165, 1.54) is 12.2 Å². The fraction of sp³-hybridized carbons (Fsp3) is 0.643. The number of nitrogens with one attached hydrogen (secondary N) is 1. The van der Waals surface area contributed by atoms with Gasteiger partial charge in [-0.3, -0.25) is 4.79 Å². The average Bonchev–Trinajstić information content (AvgIpc) is 2.60. The van der Waals surface area contributed by atoms with Crippen LogP contribution in [0.2, 0.25) is 0 Å². The van der Waals surface area contributed by atoms with Crippen molar-refractivity contribution < 1.29 is 18.7 Å². The minimum Gasteiger partial charge on any atom is -0.389 e. The van der Waals surface area contributed by atoms with Gasteiger partial charge in [0.25, 0.3) is 5.91 Å². The second kappa shape index (κ2) is 6.67. The summed E-state index contributed by atoms with van der Waals surface area (Å²) in [5.74, 6) is 1.20. The van der Waals surface area contributed by atoms with Gasteiger partial charge in [0.15, 0.2) is 0 Å². The van der Waals surface area contributed by atoms with E-state index in [9.17, 15) is 18.7 Å². The minimum atomic E-state index is -3.31. The van der Waals surface area contributed by atoms with Crippen molar-refractivity contribution in [2.45, 2.75) is 51.2 Å². The summed E-state index contributed by atoms with van der Waals surface area (Å²) in [4.78, 5) is 10.9. The van der Waals surface area contributed by atoms with Crippen LogP contribution in [-0.2, 0) is 4.79 Å². The smallest absolute Gasteiger partial charge is 0.326 e. The van der Waals surface area contributed by atoms with Crippen LogP contribution in [0.1, 0.15) is 33.1 Å². The van der Waals surface area contributed by atoms with Crippen molar-refractivity contribution >= 4 is 5.91 Å².